The van der Waals surface area contributed by atoms with Crippen LogP contribution in [-0.2, 0) is 7.05 Å². The Bertz CT molecular complexity index is 1050. The van der Waals surface area contributed by atoms with Crippen LogP contribution in [-0.4, -0.2) is 37.8 Å². The summed E-state index contributed by atoms with van der Waals surface area (Å²) in [5.41, 5.74) is 8.53. The number of nitrogens with zero attached hydrogens (tertiary/aromatic N) is 4. The standard InChI is InChI=1S/C17H20N6O2S/c1-5-25-12-7-6-10(19-17(18)26-4)8-11(12)15-20-13-9(2)22-23(3)14(13)16(24)21-15/h6-8H,5H2,1-4H3,(H2,18,19)(H,20,21,24). The molecule has 3 aromatic rings. The van der Waals surface area contributed by atoms with E-state index in [4.69, 9.17) is 10.5 Å². The highest BCUT2D eigenvalue weighted by molar-refractivity contribution is 8.13. The number of aromatic amines is 1. The van der Waals surface area contributed by atoms with Gasteiger partial charge in [-0.1, -0.05) is 11.8 Å². The molecule has 0 aliphatic carbocycles. The lowest BCUT2D eigenvalue weighted by Gasteiger charge is -2.11. The van der Waals surface area contributed by atoms with Crippen molar-refractivity contribution in [2.45, 2.75) is 13.8 Å². The van der Waals surface area contributed by atoms with Gasteiger partial charge in [0, 0.05) is 7.05 Å². The molecule has 26 heavy (non-hydrogen) atoms. The second kappa shape index (κ2) is 7.20. The molecule has 0 radical (unpaired) electrons. The van der Waals surface area contributed by atoms with Crippen molar-refractivity contribution in [1.29, 1.82) is 0 Å². The second-order valence-electron chi connectivity index (χ2n) is 5.59. The minimum atomic E-state index is -0.256. The third kappa shape index (κ3) is 3.30. The van der Waals surface area contributed by atoms with Gasteiger partial charge in [-0.05, 0) is 38.3 Å². The van der Waals surface area contributed by atoms with E-state index in [-0.39, 0.29) is 5.56 Å². The van der Waals surface area contributed by atoms with Crippen LogP contribution in [0.4, 0.5) is 5.69 Å². The normalized spacial score (nSPS) is 11.9. The van der Waals surface area contributed by atoms with Gasteiger partial charge in [0.1, 0.15) is 17.1 Å². The van der Waals surface area contributed by atoms with E-state index < -0.39 is 0 Å². The Kier molecular flexibility index (Phi) is 4.99. The van der Waals surface area contributed by atoms with Gasteiger partial charge in [-0.25, -0.2) is 9.98 Å². The predicted molar refractivity (Wildman–Crippen MR) is 105 cm³/mol. The Morgan fingerprint density at radius 2 is 2.23 bits per heavy atom. The summed E-state index contributed by atoms with van der Waals surface area (Å²) in [5.74, 6) is 1.01. The predicted octanol–water partition coefficient (Wildman–Crippen LogP) is 2.34. The molecule has 3 rings (SSSR count). The minimum Gasteiger partial charge on any atom is -0.493 e. The third-order valence-electron chi connectivity index (χ3n) is 3.83. The number of thioether (sulfide) groups is 1. The molecule has 2 aromatic heterocycles. The Morgan fingerprint density at radius 3 is 2.92 bits per heavy atom. The van der Waals surface area contributed by atoms with Gasteiger partial charge in [0.25, 0.3) is 5.56 Å². The quantitative estimate of drug-likeness (QED) is 0.537. The molecule has 3 N–H and O–H groups in total. The summed E-state index contributed by atoms with van der Waals surface area (Å²) < 4.78 is 7.23. The fourth-order valence-corrected chi connectivity index (χ4v) is 2.89. The molecular formula is C17H20N6O2S. The fraction of sp³-hybridized carbons (Fsp3) is 0.294. The van der Waals surface area contributed by atoms with Crippen LogP contribution in [0, 0.1) is 6.92 Å². The first-order valence-corrected chi connectivity index (χ1v) is 9.26. The van der Waals surface area contributed by atoms with Gasteiger partial charge in [-0.15, -0.1) is 0 Å². The summed E-state index contributed by atoms with van der Waals surface area (Å²) in [6, 6.07) is 5.40. The average Bonchev–Trinajstić information content (AvgIpc) is 2.90. The second-order valence-corrected chi connectivity index (χ2v) is 6.41. The lowest BCUT2D eigenvalue weighted by molar-refractivity contribution is 0.341. The molecule has 0 fully saturated rings. The molecule has 0 atom stereocenters. The van der Waals surface area contributed by atoms with Gasteiger partial charge in [0.15, 0.2) is 10.7 Å². The number of rotatable bonds is 4. The van der Waals surface area contributed by atoms with Gasteiger partial charge in [-0.3, -0.25) is 9.48 Å². The van der Waals surface area contributed by atoms with Crippen molar-refractivity contribution in [3.8, 4) is 17.1 Å². The van der Waals surface area contributed by atoms with E-state index in [0.29, 0.717) is 51.3 Å². The molecule has 0 saturated carbocycles. The number of hydrogen-bond donors (Lipinski definition) is 2. The SMILES string of the molecule is CCOc1ccc(N=C(N)SC)cc1-c1nc2c(C)nn(C)c2c(=O)[nH]1. The molecule has 0 unspecified atom stereocenters. The van der Waals surface area contributed by atoms with E-state index in [1.54, 1.807) is 19.2 Å². The average molecular weight is 372 g/mol. The van der Waals surface area contributed by atoms with E-state index in [2.05, 4.69) is 20.1 Å². The lowest BCUT2D eigenvalue weighted by Crippen LogP contribution is -2.12. The Hall–Kier alpha value is -2.81. The van der Waals surface area contributed by atoms with Gasteiger partial charge < -0.3 is 15.5 Å². The Morgan fingerprint density at radius 1 is 1.46 bits per heavy atom. The van der Waals surface area contributed by atoms with Crippen molar-refractivity contribution in [2.75, 3.05) is 12.9 Å². The van der Waals surface area contributed by atoms with Crippen molar-refractivity contribution in [3.05, 3.63) is 34.2 Å². The highest BCUT2D eigenvalue weighted by atomic mass is 32.2. The molecule has 0 bridgehead atoms. The topological polar surface area (TPSA) is 111 Å². The number of amidine groups is 1. The molecule has 0 aliphatic heterocycles. The summed E-state index contributed by atoms with van der Waals surface area (Å²) in [4.78, 5) is 24.3. The first-order valence-electron chi connectivity index (χ1n) is 8.03. The van der Waals surface area contributed by atoms with E-state index in [1.807, 2.05) is 26.2 Å². The maximum atomic E-state index is 12.5. The number of fused-ring (bicyclic) bond motifs is 1. The van der Waals surface area contributed by atoms with Crippen LogP contribution in [0.3, 0.4) is 0 Å². The largest absolute Gasteiger partial charge is 0.493 e. The number of H-pyrrole nitrogens is 1. The van der Waals surface area contributed by atoms with Crippen LogP contribution in [0.1, 0.15) is 12.6 Å². The smallest absolute Gasteiger partial charge is 0.277 e. The van der Waals surface area contributed by atoms with Crippen molar-refractivity contribution in [2.24, 2.45) is 17.8 Å². The zero-order valence-electron chi connectivity index (χ0n) is 15.0. The highest BCUT2D eigenvalue weighted by Gasteiger charge is 2.16. The molecule has 9 heteroatoms. The van der Waals surface area contributed by atoms with Gasteiger partial charge >= 0.3 is 0 Å². The first-order chi connectivity index (χ1) is 12.4. The maximum absolute atomic E-state index is 12.5. The van der Waals surface area contributed by atoms with Gasteiger partial charge in [0.05, 0.1) is 23.6 Å². The highest BCUT2D eigenvalue weighted by Crippen LogP contribution is 2.32. The number of nitrogens with two attached hydrogens (primary N) is 1. The zero-order chi connectivity index (χ0) is 18.8. The molecule has 8 nitrogen and oxygen atoms in total. The summed E-state index contributed by atoms with van der Waals surface area (Å²) in [6.45, 7) is 4.20. The van der Waals surface area contributed by atoms with Crippen LogP contribution >= 0.6 is 11.8 Å². The maximum Gasteiger partial charge on any atom is 0.277 e. The van der Waals surface area contributed by atoms with Crippen molar-refractivity contribution in [3.63, 3.8) is 0 Å². The third-order valence-corrected chi connectivity index (χ3v) is 4.34. The number of benzene rings is 1. The number of aliphatic imine (C=N–C) groups is 1. The summed E-state index contributed by atoms with van der Waals surface area (Å²) >= 11 is 1.36. The van der Waals surface area contributed by atoms with Crippen LogP contribution in [0.15, 0.2) is 28.0 Å². The van der Waals surface area contributed by atoms with Crippen molar-refractivity contribution >= 4 is 33.7 Å². The summed E-state index contributed by atoms with van der Waals surface area (Å²) in [6.07, 6.45) is 1.85. The number of hydrogen-bond acceptors (Lipinski definition) is 6. The molecule has 0 aliphatic rings. The lowest BCUT2D eigenvalue weighted by atomic mass is 10.1. The van der Waals surface area contributed by atoms with Crippen LogP contribution in [0.5, 0.6) is 5.75 Å². The molecular weight excluding hydrogens is 352 g/mol. The molecule has 2 heterocycles. The number of aromatic nitrogens is 4. The van der Waals surface area contributed by atoms with Crippen LogP contribution in [0.25, 0.3) is 22.4 Å². The zero-order valence-corrected chi connectivity index (χ0v) is 15.8. The number of ether oxygens (including phenoxy) is 1. The minimum absolute atomic E-state index is 0.256. The summed E-state index contributed by atoms with van der Waals surface area (Å²) in [7, 11) is 1.72. The van der Waals surface area contributed by atoms with Gasteiger partial charge in [0.2, 0.25) is 0 Å². The molecule has 1 aromatic carbocycles. The molecule has 0 amide bonds. The number of nitrogens with one attached hydrogen (secondary N) is 1. The van der Waals surface area contributed by atoms with E-state index in [0.717, 1.165) is 0 Å². The van der Waals surface area contributed by atoms with Crippen molar-refractivity contribution in [1.82, 2.24) is 19.7 Å². The number of aryl methyl sites for hydroxylation is 2. The monoisotopic (exact) mass is 372 g/mol. The van der Waals surface area contributed by atoms with Gasteiger partial charge in [-0.2, -0.15) is 5.10 Å². The van der Waals surface area contributed by atoms with E-state index in [1.165, 1.54) is 16.4 Å². The first kappa shape index (κ1) is 18.0. The molecule has 136 valence electrons. The van der Waals surface area contributed by atoms with Crippen LogP contribution in [0.2, 0.25) is 0 Å². The van der Waals surface area contributed by atoms with E-state index in [9.17, 15) is 4.79 Å². The molecule has 0 spiro atoms. The Labute approximate surface area is 154 Å². The van der Waals surface area contributed by atoms with Crippen LogP contribution < -0.4 is 16.0 Å². The Balaban J connectivity index is 2.24. The molecule has 0 saturated heterocycles. The fourth-order valence-electron chi connectivity index (χ4n) is 2.70. The summed E-state index contributed by atoms with van der Waals surface area (Å²) in [5, 5.41) is 4.72. The van der Waals surface area contributed by atoms with E-state index >= 15 is 0 Å². The van der Waals surface area contributed by atoms with Crippen molar-refractivity contribution < 1.29 is 4.74 Å².